The summed E-state index contributed by atoms with van der Waals surface area (Å²) >= 11 is 1.20. The summed E-state index contributed by atoms with van der Waals surface area (Å²) in [5.41, 5.74) is 3.03. The van der Waals surface area contributed by atoms with Gasteiger partial charge in [0.1, 0.15) is 0 Å². The summed E-state index contributed by atoms with van der Waals surface area (Å²) in [4.78, 5) is 38.0. The fraction of sp³-hybridized carbons (Fsp3) is 0.115. The van der Waals surface area contributed by atoms with Crippen molar-refractivity contribution in [2.75, 3.05) is 11.1 Å². The van der Waals surface area contributed by atoms with E-state index in [0.717, 1.165) is 11.3 Å². The van der Waals surface area contributed by atoms with Crippen LogP contribution in [0.15, 0.2) is 82.7 Å². The largest absolute Gasteiger partial charge is 0.325 e. The molecule has 2 aromatic heterocycles. The smallest absolute Gasteiger partial charge is 0.267 e. The van der Waals surface area contributed by atoms with E-state index in [1.807, 2.05) is 49.4 Å². The zero-order chi connectivity index (χ0) is 24.5. The molecule has 0 radical (unpaired) electrons. The van der Waals surface area contributed by atoms with Gasteiger partial charge >= 0.3 is 0 Å². The molecule has 0 bridgehead atoms. The average molecular weight is 484 g/mol. The van der Waals surface area contributed by atoms with Gasteiger partial charge in [0.2, 0.25) is 11.7 Å². The number of amides is 1. The highest BCUT2D eigenvalue weighted by Gasteiger charge is 2.19. The third-order valence-corrected chi connectivity index (χ3v) is 6.59. The Bertz CT molecular complexity index is 1670. The second-order valence-corrected chi connectivity index (χ2v) is 8.94. The van der Waals surface area contributed by atoms with Gasteiger partial charge in [-0.15, -0.1) is 10.2 Å². The number of fused-ring (bicyclic) bond motifs is 3. The van der Waals surface area contributed by atoms with Crippen LogP contribution in [0.5, 0.6) is 0 Å². The first-order valence-electron chi connectivity index (χ1n) is 10.9. The molecule has 2 heterocycles. The van der Waals surface area contributed by atoms with Crippen molar-refractivity contribution < 1.29 is 9.59 Å². The van der Waals surface area contributed by atoms with Crippen LogP contribution < -0.4 is 10.9 Å². The summed E-state index contributed by atoms with van der Waals surface area (Å²) in [6.07, 6.45) is 0. The zero-order valence-electron chi connectivity index (χ0n) is 19.1. The quantitative estimate of drug-likeness (QED) is 0.286. The molecule has 0 saturated carbocycles. The maximum absolute atomic E-state index is 13.4. The van der Waals surface area contributed by atoms with Gasteiger partial charge in [0.15, 0.2) is 10.9 Å². The van der Waals surface area contributed by atoms with Crippen LogP contribution in [0.4, 0.5) is 5.69 Å². The lowest BCUT2D eigenvalue weighted by molar-refractivity contribution is -0.113. The molecule has 1 N–H and O–H groups in total. The lowest BCUT2D eigenvalue weighted by Gasteiger charge is -2.13. The molecule has 9 heteroatoms. The van der Waals surface area contributed by atoms with Crippen molar-refractivity contribution in [1.82, 2.24) is 19.2 Å². The van der Waals surface area contributed by atoms with E-state index in [0.29, 0.717) is 33.1 Å². The minimum atomic E-state index is -0.281. The lowest BCUT2D eigenvalue weighted by Crippen LogP contribution is -2.22. The molecule has 1 amide bonds. The normalized spacial score (nSPS) is 11.1. The monoisotopic (exact) mass is 483 g/mol. The van der Waals surface area contributed by atoms with Gasteiger partial charge in [0.05, 0.1) is 28.0 Å². The predicted octanol–water partition coefficient (Wildman–Crippen LogP) is 4.28. The maximum atomic E-state index is 13.4. The summed E-state index contributed by atoms with van der Waals surface area (Å²) in [5.74, 6) is 0.00709. The Balaban J connectivity index is 1.54. The summed E-state index contributed by atoms with van der Waals surface area (Å²) in [7, 11) is 0. The SMILES string of the molecule is CC(=O)c1ccccc1NC(=O)CSc1nnc2n(-c3ccccc3C)c(=O)c3ccccc3n12. The number of hydrogen-bond acceptors (Lipinski definition) is 6. The summed E-state index contributed by atoms with van der Waals surface area (Å²) in [5, 5.41) is 12.4. The molecule has 8 nitrogen and oxygen atoms in total. The van der Waals surface area contributed by atoms with Crippen LogP contribution in [0.2, 0.25) is 0 Å². The van der Waals surface area contributed by atoms with E-state index < -0.39 is 0 Å². The molecule has 3 aromatic carbocycles. The number of benzene rings is 3. The van der Waals surface area contributed by atoms with Crippen molar-refractivity contribution in [3.05, 3.63) is 94.3 Å². The van der Waals surface area contributed by atoms with Crippen LogP contribution in [-0.2, 0) is 4.79 Å². The van der Waals surface area contributed by atoms with Gasteiger partial charge in [-0.1, -0.05) is 54.2 Å². The van der Waals surface area contributed by atoms with Gasteiger partial charge in [0.25, 0.3) is 5.56 Å². The molecule has 5 rings (SSSR count). The Morgan fingerprint density at radius 1 is 0.943 bits per heavy atom. The van der Waals surface area contributed by atoms with Crippen LogP contribution >= 0.6 is 11.8 Å². The Morgan fingerprint density at radius 2 is 1.66 bits per heavy atom. The molecule has 0 saturated heterocycles. The standard InChI is InChI=1S/C26H21N5O3S/c1-16-9-3-7-13-21(16)30-24(34)19-11-5-8-14-22(19)31-25(30)28-29-26(31)35-15-23(33)27-20-12-6-4-10-18(20)17(2)32/h3-14H,15H2,1-2H3,(H,27,33). The van der Waals surface area contributed by atoms with E-state index in [2.05, 4.69) is 15.5 Å². The molecule has 35 heavy (non-hydrogen) atoms. The van der Waals surface area contributed by atoms with Crippen molar-refractivity contribution in [2.24, 2.45) is 0 Å². The predicted molar refractivity (Wildman–Crippen MR) is 137 cm³/mol. The maximum Gasteiger partial charge on any atom is 0.267 e. The minimum absolute atomic E-state index is 0.0465. The van der Waals surface area contributed by atoms with E-state index in [1.165, 1.54) is 18.7 Å². The second kappa shape index (κ2) is 9.19. The summed E-state index contributed by atoms with van der Waals surface area (Å²) in [6, 6.07) is 21.7. The second-order valence-electron chi connectivity index (χ2n) is 8.00. The van der Waals surface area contributed by atoms with E-state index in [9.17, 15) is 14.4 Å². The molecule has 0 unspecified atom stereocenters. The molecule has 0 aliphatic rings. The van der Waals surface area contributed by atoms with Crippen LogP contribution in [0.25, 0.3) is 22.4 Å². The Kier molecular flexibility index (Phi) is 5.92. The molecule has 0 fully saturated rings. The number of anilines is 1. The third kappa shape index (κ3) is 4.10. The van der Waals surface area contributed by atoms with Gasteiger partial charge in [-0.2, -0.15) is 0 Å². The van der Waals surface area contributed by atoms with E-state index in [-0.39, 0.29) is 23.0 Å². The van der Waals surface area contributed by atoms with Gasteiger partial charge in [0, 0.05) is 5.56 Å². The fourth-order valence-corrected chi connectivity index (χ4v) is 4.76. The average Bonchev–Trinajstić information content (AvgIpc) is 3.28. The van der Waals surface area contributed by atoms with Gasteiger partial charge < -0.3 is 5.32 Å². The lowest BCUT2D eigenvalue weighted by atomic mass is 10.1. The Morgan fingerprint density at radius 3 is 2.46 bits per heavy atom. The Hall–Kier alpha value is -4.24. The number of hydrogen-bond donors (Lipinski definition) is 1. The van der Waals surface area contributed by atoms with Crippen molar-refractivity contribution in [1.29, 1.82) is 0 Å². The number of rotatable bonds is 6. The number of aromatic nitrogens is 4. The number of carbonyl (C=O) groups excluding carboxylic acids is 2. The molecule has 0 atom stereocenters. The van der Waals surface area contributed by atoms with Gasteiger partial charge in [-0.25, -0.2) is 4.57 Å². The number of nitrogens with zero attached hydrogens (tertiary/aromatic N) is 4. The van der Waals surface area contributed by atoms with E-state index in [4.69, 9.17) is 0 Å². The topological polar surface area (TPSA) is 98.4 Å². The summed E-state index contributed by atoms with van der Waals surface area (Å²) < 4.78 is 3.35. The number of para-hydroxylation sites is 3. The molecular weight excluding hydrogens is 462 g/mol. The number of ketones is 1. The number of nitrogens with one attached hydrogen (secondary N) is 1. The van der Waals surface area contributed by atoms with E-state index >= 15 is 0 Å². The van der Waals surface area contributed by atoms with Crippen molar-refractivity contribution in [2.45, 2.75) is 19.0 Å². The highest BCUT2D eigenvalue weighted by atomic mass is 32.2. The molecular formula is C26H21N5O3S. The highest BCUT2D eigenvalue weighted by molar-refractivity contribution is 7.99. The summed E-state index contributed by atoms with van der Waals surface area (Å²) in [6.45, 7) is 3.39. The van der Waals surface area contributed by atoms with E-state index in [1.54, 1.807) is 39.3 Å². The zero-order valence-corrected chi connectivity index (χ0v) is 19.9. The molecule has 0 spiro atoms. The first kappa shape index (κ1) is 22.5. The Labute approximate surface area is 204 Å². The number of aryl methyl sites for hydroxylation is 1. The first-order chi connectivity index (χ1) is 17.0. The minimum Gasteiger partial charge on any atom is -0.325 e. The molecule has 174 valence electrons. The number of thioether (sulfide) groups is 1. The van der Waals surface area contributed by atoms with Gasteiger partial charge in [-0.3, -0.25) is 18.8 Å². The molecule has 0 aliphatic heterocycles. The van der Waals surface area contributed by atoms with Crippen LogP contribution in [-0.4, -0.2) is 36.6 Å². The van der Waals surface area contributed by atoms with Crippen molar-refractivity contribution in [3.63, 3.8) is 0 Å². The molecule has 0 aliphatic carbocycles. The van der Waals surface area contributed by atoms with Gasteiger partial charge in [-0.05, 0) is 49.7 Å². The van der Waals surface area contributed by atoms with Crippen molar-refractivity contribution in [3.8, 4) is 5.69 Å². The first-order valence-corrected chi connectivity index (χ1v) is 11.9. The van der Waals surface area contributed by atoms with Crippen molar-refractivity contribution >= 4 is 45.8 Å². The molecule has 5 aromatic rings. The third-order valence-electron chi connectivity index (χ3n) is 5.66. The van der Waals surface area contributed by atoms with Crippen LogP contribution in [0.1, 0.15) is 22.8 Å². The van der Waals surface area contributed by atoms with Crippen LogP contribution in [0.3, 0.4) is 0 Å². The fourth-order valence-electron chi connectivity index (χ4n) is 4.02. The number of Topliss-reactive ketones (excluding diaryl/α,β-unsaturated/α-hetero) is 1. The number of carbonyl (C=O) groups is 2. The van der Waals surface area contributed by atoms with Crippen LogP contribution in [0, 0.1) is 6.92 Å². The highest BCUT2D eigenvalue weighted by Crippen LogP contribution is 2.24.